The quantitative estimate of drug-likeness (QED) is 0.666. The van der Waals surface area contributed by atoms with Crippen LogP contribution in [0.2, 0.25) is 0 Å². The normalized spacial score (nSPS) is 15.9. The number of rotatable bonds is 5. The van der Waals surface area contributed by atoms with Crippen LogP contribution >= 0.6 is 0 Å². The number of aliphatic hydroxyl groups excluding tert-OH is 1. The van der Waals surface area contributed by atoms with E-state index < -0.39 is 18.0 Å². The monoisotopic (exact) mass is 215 g/mol. The molecule has 0 aromatic rings. The van der Waals surface area contributed by atoms with Crippen LogP contribution in [0, 0.1) is 5.92 Å². The Morgan fingerprint density at radius 2 is 1.87 bits per heavy atom. The first-order valence-electron chi connectivity index (χ1n) is 4.91. The number of aliphatic hydroxyl groups is 1. The standard InChI is InChI=1S/C10H17NO4/c1-4-6(2)9(10(14)15)11-8(13)5-7(3)12/h6-7,12H,4-5H2,1-3H3,(H,14,15)/t6-,7?/m0/s1. The van der Waals surface area contributed by atoms with Crippen molar-refractivity contribution in [2.24, 2.45) is 10.9 Å². The van der Waals surface area contributed by atoms with Gasteiger partial charge in [-0.15, -0.1) is 0 Å². The molecule has 2 atom stereocenters. The lowest BCUT2D eigenvalue weighted by molar-refractivity contribution is -0.130. The van der Waals surface area contributed by atoms with Crippen LogP contribution in [0.3, 0.4) is 0 Å². The van der Waals surface area contributed by atoms with Gasteiger partial charge in [0.2, 0.25) is 5.91 Å². The van der Waals surface area contributed by atoms with Gasteiger partial charge >= 0.3 is 5.97 Å². The maximum Gasteiger partial charge on any atom is 0.350 e. The largest absolute Gasteiger partial charge is 0.477 e. The summed E-state index contributed by atoms with van der Waals surface area (Å²) in [5, 5.41) is 17.7. The Morgan fingerprint density at radius 1 is 1.33 bits per heavy atom. The van der Waals surface area contributed by atoms with E-state index in [0.29, 0.717) is 6.42 Å². The summed E-state index contributed by atoms with van der Waals surface area (Å²) >= 11 is 0. The summed E-state index contributed by atoms with van der Waals surface area (Å²) in [5.74, 6) is -2.04. The number of carbonyl (C=O) groups is 2. The molecule has 0 saturated heterocycles. The highest BCUT2D eigenvalue weighted by molar-refractivity contribution is 6.38. The minimum absolute atomic E-state index is 0.136. The summed E-state index contributed by atoms with van der Waals surface area (Å²) < 4.78 is 0. The van der Waals surface area contributed by atoms with Gasteiger partial charge in [-0.2, -0.15) is 0 Å². The molecule has 0 rings (SSSR count). The molecule has 2 N–H and O–H groups in total. The third kappa shape index (κ3) is 5.27. The van der Waals surface area contributed by atoms with Crippen molar-refractivity contribution in [1.29, 1.82) is 0 Å². The molecule has 0 aromatic heterocycles. The first-order valence-corrected chi connectivity index (χ1v) is 4.91. The van der Waals surface area contributed by atoms with Crippen LogP contribution < -0.4 is 0 Å². The number of carboxylic acid groups (broad SMARTS) is 1. The molecule has 0 bridgehead atoms. The summed E-state index contributed by atoms with van der Waals surface area (Å²) in [6, 6.07) is 0. The third-order valence-electron chi connectivity index (χ3n) is 2.01. The second kappa shape index (κ2) is 6.29. The molecule has 0 aromatic carbocycles. The fourth-order valence-electron chi connectivity index (χ4n) is 0.995. The van der Waals surface area contributed by atoms with Crippen molar-refractivity contribution in [2.75, 3.05) is 0 Å². The number of aliphatic imine (C=N–C) groups is 1. The van der Waals surface area contributed by atoms with Crippen molar-refractivity contribution in [3.63, 3.8) is 0 Å². The lowest BCUT2D eigenvalue weighted by Gasteiger charge is -2.08. The number of nitrogens with zero attached hydrogens (tertiary/aromatic N) is 1. The van der Waals surface area contributed by atoms with Gasteiger partial charge in [0, 0.05) is 5.92 Å². The summed E-state index contributed by atoms with van der Waals surface area (Å²) in [4.78, 5) is 25.5. The zero-order chi connectivity index (χ0) is 12.0. The molecule has 5 heteroatoms. The van der Waals surface area contributed by atoms with Crippen LogP contribution in [0.25, 0.3) is 0 Å². The molecule has 0 saturated carbocycles. The molecular formula is C10H17NO4. The van der Waals surface area contributed by atoms with Crippen LogP contribution in [0.5, 0.6) is 0 Å². The van der Waals surface area contributed by atoms with Crippen molar-refractivity contribution in [3.8, 4) is 0 Å². The fourth-order valence-corrected chi connectivity index (χ4v) is 0.995. The number of carbonyl (C=O) groups excluding carboxylic acids is 1. The highest BCUT2D eigenvalue weighted by atomic mass is 16.4. The molecule has 0 radical (unpaired) electrons. The highest BCUT2D eigenvalue weighted by Gasteiger charge is 2.18. The van der Waals surface area contributed by atoms with Crippen LogP contribution in [0.1, 0.15) is 33.6 Å². The van der Waals surface area contributed by atoms with Gasteiger partial charge in [-0.25, -0.2) is 9.79 Å². The van der Waals surface area contributed by atoms with E-state index in [4.69, 9.17) is 10.2 Å². The van der Waals surface area contributed by atoms with Crippen LogP contribution in [0.15, 0.2) is 4.99 Å². The average molecular weight is 215 g/mol. The summed E-state index contributed by atoms with van der Waals surface area (Å²) in [5.41, 5.74) is -0.136. The van der Waals surface area contributed by atoms with Crippen LogP contribution in [0.4, 0.5) is 0 Å². The molecule has 15 heavy (non-hydrogen) atoms. The van der Waals surface area contributed by atoms with Gasteiger partial charge in [0.05, 0.1) is 12.5 Å². The Balaban J connectivity index is 4.69. The molecule has 0 heterocycles. The van der Waals surface area contributed by atoms with E-state index in [1.807, 2.05) is 6.92 Å². The third-order valence-corrected chi connectivity index (χ3v) is 2.01. The molecule has 0 aliphatic heterocycles. The molecule has 0 aliphatic rings. The number of carboxylic acids is 1. The molecule has 0 fully saturated rings. The number of hydrogen-bond donors (Lipinski definition) is 2. The van der Waals surface area contributed by atoms with Crippen molar-refractivity contribution in [1.82, 2.24) is 0 Å². The van der Waals surface area contributed by atoms with E-state index in [9.17, 15) is 9.59 Å². The Kier molecular flexibility index (Phi) is 5.77. The van der Waals surface area contributed by atoms with Crippen molar-refractivity contribution in [2.45, 2.75) is 39.7 Å². The molecular weight excluding hydrogens is 198 g/mol. The summed E-state index contributed by atoms with van der Waals surface area (Å²) in [6.07, 6.45) is -0.339. The number of aliphatic carboxylic acids is 1. The Morgan fingerprint density at radius 3 is 2.20 bits per heavy atom. The summed E-state index contributed by atoms with van der Waals surface area (Å²) in [6.45, 7) is 4.97. The predicted octanol–water partition coefficient (Wildman–Crippen LogP) is 0.856. The van der Waals surface area contributed by atoms with Gasteiger partial charge in [-0.1, -0.05) is 13.8 Å². The Bertz CT molecular complexity index is 271. The fraction of sp³-hybridized carbons (Fsp3) is 0.700. The second-order valence-corrected chi connectivity index (χ2v) is 3.56. The van der Waals surface area contributed by atoms with E-state index >= 15 is 0 Å². The SMILES string of the molecule is CC[C@H](C)C(=NC(=O)CC(C)O)C(=O)O. The summed E-state index contributed by atoms with van der Waals surface area (Å²) in [7, 11) is 0. The van der Waals surface area contributed by atoms with Gasteiger partial charge in [0.25, 0.3) is 0 Å². The smallest absolute Gasteiger partial charge is 0.350 e. The minimum Gasteiger partial charge on any atom is -0.477 e. The number of hydrogen-bond acceptors (Lipinski definition) is 3. The van der Waals surface area contributed by atoms with Crippen molar-refractivity contribution < 1.29 is 19.8 Å². The number of amides is 1. The van der Waals surface area contributed by atoms with E-state index in [-0.39, 0.29) is 18.1 Å². The predicted molar refractivity (Wildman–Crippen MR) is 55.8 cm³/mol. The molecule has 1 amide bonds. The van der Waals surface area contributed by atoms with Crippen molar-refractivity contribution >= 4 is 17.6 Å². The topological polar surface area (TPSA) is 87.0 Å². The van der Waals surface area contributed by atoms with Gasteiger partial charge in [0.1, 0.15) is 5.71 Å². The van der Waals surface area contributed by atoms with Gasteiger partial charge in [-0.3, -0.25) is 4.79 Å². The van der Waals surface area contributed by atoms with E-state index in [0.717, 1.165) is 0 Å². The lowest BCUT2D eigenvalue weighted by atomic mass is 10.0. The van der Waals surface area contributed by atoms with E-state index in [1.54, 1.807) is 6.92 Å². The van der Waals surface area contributed by atoms with E-state index in [1.165, 1.54) is 6.92 Å². The molecule has 0 spiro atoms. The van der Waals surface area contributed by atoms with Gasteiger partial charge in [-0.05, 0) is 13.3 Å². The zero-order valence-electron chi connectivity index (χ0n) is 9.23. The second-order valence-electron chi connectivity index (χ2n) is 3.56. The maximum absolute atomic E-state index is 11.2. The van der Waals surface area contributed by atoms with Crippen LogP contribution in [-0.4, -0.2) is 33.9 Å². The van der Waals surface area contributed by atoms with Gasteiger partial charge < -0.3 is 10.2 Å². The zero-order valence-corrected chi connectivity index (χ0v) is 9.23. The van der Waals surface area contributed by atoms with Crippen LogP contribution in [-0.2, 0) is 9.59 Å². The lowest BCUT2D eigenvalue weighted by Crippen LogP contribution is -2.23. The highest BCUT2D eigenvalue weighted by Crippen LogP contribution is 2.06. The molecule has 1 unspecified atom stereocenters. The maximum atomic E-state index is 11.2. The van der Waals surface area contributed by atoms with Crippen molar-refractivity contribution in [3.05, 3.63) is 0 Å². The van der Waals surface area contributed by atoms with Gasteiger partial charge in [0.15, 0.2) is 0 Å². The average Bonchev–Trinajstić information content (AvgIpc) is 2.11. The Labute approximate surface area is 88.8 Å². The molecule has 0 aliphatic carbocycles. The van der Waals surface area contributed by atoms with E-state index in [2.05, 4.69) is 4.99 Å². The Hall–Kier alpha value is -1.23. The minimum atomic E-state index is -1.18. The molecule has 5 nitrogen and oxygen atoms in total. The first kappa shape index (κ1) is 13.8. The molecule has 86 valence electrons. The first-order chi connectivity index (χ1) is 6.88.